The van der Waals surface area contributed by atoms with Gasteiger partial charge < -0.3 is 16.4 Å². The van der Waals surface area contributed by atoms with Crippen molar-refractivity contribution in [2.75, 3.05) is 7.05 Å². The van der Waals surface area contributed by atoms with Crippen molar-refractivity contribution in [3.05, 3.63) is 35.9 Å². The molecule has 0 fully saturated rings. The number of hydrogen-bond acceptors (Lipinski definition) is 3. The van der Waals surface area contributed by atoms with Crippen molar-refractivity contribution in [3.63, 3.8) is 0 Å². The molecule has 0 aromatic heterocycles. The molecule has 0 heterocycles. The van der Waals surface area contributed by atoms with E-state index in [-0.39, 0.29) is 11.8 Å². The highest BCUT2D eigenvalue weighted by atomic mass is 16.2. The molecule has 0 saturated heterocycles. The molecule has 3 unspecified atom stereocenters. The fourth-order valence-corrected chi connectivity index (χ4v) is 1.75. The van der Waals surface area contributed by atoms with Crippen LogP contribution in [0.2, 0.25) is 0 Å². The van der Waals surface area contributed by atoms with Gasteiger partial charge in [-0.05, 0) is 12.5 Å². The minimum absolute atomic E-state index is 0.228. The standard InChI is InChI=1S/C14H21N3O2/c1-9(12(15)11-7-5-4-6-8-11)13(18)17-10(2)14(19)16-3/h4-10,12H,15H2,1-3H3,(H,16,19)(H,17,18). The van der Waals surface area contributed by atoms with Gasteiger partial charge in [0.2, 0.25) is 11.8 Å². The monoisotopic (exact) mass is 263 g/mol. The van der Waals surface area contributed by atoms with Crippen molar-refractivity contribution in [2.45, 2.75) is 25.9 Å². The average molecular weight is 263 g/mol. The van der Waals surface area contributed by atoms with Gasteiger partial charge in [-0.25, -0.2) is 0 Å². The fraction of sp³-hybridized carbons (Fsp3) is 0.429. The van der Waals surface area contributed by atoms with Crippen LogP contribution in [-0.4, -0.2) is 24.9 Å². The van der Waals surface area contributed by atoms with Crippen molar-refractivity contribution < 1.29 is 9.59 Å². The van der Waals surface area contributed by atoms with Crippen LogP contribution >= 0.6 is 0 Å². The Morgan fingerprint density at radius 3 is 2.21 bits per heavy atom. The first-order chi connectivity index (χ1) is 8.97. The van der Waals surface area contributed by atoms with Gasteiger partial charge in [0, 0.05) is 13.1 Å². The molecule has 0 radical (unpaired) electrons. The Morgan fingerprint density at radius 2 is 1.68 bits per heavy atom. The molecule has 1 rings (SSSR count). The van der Waals surface area contributed by atoms with E-state index in [0.29, 0.717) is 0 Å². The third-order valence-corrected chi connectivity index (χ3v) is 3.14. The maximum atomic E-state index is 12.0. The van der Waals surface area contributed by atoms with Gasteiger partial charge in [-0.15, -0.1) is 0 Å². The van der Waals surface area contributed by atoms with Crippen LogP contribution in [0.15, 0.2) is 30.3 Å². The molecule has 0 bridgehead atoms. The maximum Gasteiger partial charge on any atom is 0.242 e. The molecule has 0 aliphatic rings. The van der Waals surface area contributed by atoms with E-state index in [9.17, 15) is 9.59 Å². The summed E-state index contributed by atoms with van der Waals surface area (Å²) in [6, 6.07) is 8.47. The number of nitrogens with one attached hydrogen (secondary N) is 2. The van der Waals surface area contributed by atoms with Crippen molar-refractivity contribution in [1.82, 2.24) is 10.6 Å². The van der Waals surface area contributed by atoms with E-state index < -0.39 is 18.0 Å². The van der Waals surface area contributed by atoms with Crippen LogP contribution in [0.5, 0.6) is 0 Å². The SMILES string of the molecule is CNC(=O)C(C)NC(=O)C(C)C(N)c1ccccc1. The van der Waals surface area contributed by atoms with E-state index in [2.05, 4.69) is 10.6 Å². The second-order valence-corrected chi connectivity index (χ2v) is 4.57. The van der Waals surface area contributed by atoms with Gasteiger partial charge >= 0.3 is 0 Å². The van der Waals surface area contributed by atoms with E-state index in [1.54, 1.807) is 13.8 Å². The maximum absolute atomic E-state index is 12.0. The Kier molecular flexibility index (Phi) is 5.51. The summed E-state index contributed by atoms with van der Waals surface area (Å²) in [5.41, 5.74) is 6.96. The van der Waals surface area contributed by atoms with Crippen LogP contribution in [0.1, 0.15) is 25.5 Å². The van der Waals surface area contributed by atoms with Crippen LogP contribution in [0.3, 0.4) is 0 Å². The number of likely N-dealkylation sites (N-methyl/N-ethyl adjacent to an activating group) is 1. The molecule has 0 aliphatic carbocycles. The number of hydrogen-bond donors (Lipinski definition) is 3. The van der Waals surface area contributed by atoms with Crippen molar-refractivity contribution in [3.8, 4) is 0 Å². The lowest BCUT2D eigenvalue weighted by atomic mass is 9.94. The molecular formula is C14H21N3O2. The van der Waals surface area contributed by atoms with Crippen molar-refractivity contribution >= 4 is 11.8 Å². The van der Waals surface area contributed by atoms with Gasteiger partial charge in [0.15, 0.2) is 0 Å². The van der Waals surface area contributed by atoms with Gasteiger partial charge in [0.25, 0.3) is 0 Å². The number of rotatable bonds is 5. The normalized spacial score (nSPS) is 15.2. The second-order valence-electron chi connectivity index (χ2n) is 4.57. The molecule has 3 atom stereocenters. The number of carbonyl (C=O) groups excluding carboxylic acids is 2. The summed E-state index contributed by atoms with van der Waals surface area (Å²) in [6.45, 7) is 3.39. The number of carbonyl (C=O) groups is 2. The smallest absolute Gasteiger partial charge is 0.242 e. The molecule has 104 valence electrons. The average Bonchev–Trinajstić information content (AvgIpc) is 2.45. The minimum atomic E-state index is -0.567. The predicted octanol–water partition coefficient (Wildman–Crippen LogP) is 0.573. The van der Waals surface area contributed by atoms with Gasteiger partial charge in [0.05, 0.1) is 5.92 Å². The first kappa shape index (κ1) is 15.2. The van der Waals surface area contributed by atoms with Crippen molar-refractivity contribution in [1.29, 1.82) is 0 Å². The number of amides is 2. The highest BCUT2D eigenvalue weighted by Crippen LogP contribution is 2.19. The third kappa shape index (κ3) is 4.06. The second kappa shape index (κ2) is 6.89. The van der Waals surface area contributed by atoms with Crippen LogP contribution in [-0.2, 0) is 9.59 Å². The molecule has 19 heavy (non-hydrogen) atoms. The van der Waals surface area contributed by atoms with Gasteiger partial charge in [-0.2, -0.15) is 0 Å². The summed E-state index contributed by atoms with van der Waals surface area (Å²) >= 11 is 0. The first-order valence-corrected chi connectivity index (χ1v) is 6.29. The zero-order chi connectivity index (χ0) is 14.4. The largest absolute Gasteiger partial charge is 0.357 e. The lowest BCUT2D eigenvalue weighted by Gasteiger charge is -2.21. The Bertz CT molecular complexity index is 434. The van der Waals surface area contributed by atoms with Crippen LogP contribution in [0, 0.1) is 5.92 Å². The third-order valence-electron chi connectivity index (χ3n) is 3.14. The predicted molar refractivity (Wildman–Crippen MR) is 74.2 cm³/mol. The summed E-state index contributed by atoms with van der Waals surface area (Å²) in [7, 11) is 1.53. The molecule has 4 N–H and O–H groups in total. The quantitative estimate of drug-likeness (QED) is 0.726. The molecular weight excluding hydrogens is 242 g/mol. The Balaban J connectivity index is 2.64. The topological polar surface area (TPSA) is 84.2 Å². The molecule has 5 heteroatoms. The lowest BCUT2D eigenvalue weighted by molar-refractivity contribution is -0.130. The number of benzene rings is 1. The van der Waals surface area contributed by atoms with E-state index >= 15 is 0 Å². The van der Waals surface area contributed by atoms with E-state index in [4.69, 9.17) is 5.73 Å². The summed E-state index contributed by atoms with van der Waals surface area (Å²) in [5.74, 6) is -0.865. The summed E-state index contributed by atoms with van der Waals surface area (Å²) < 4.78 is 0. The Morgan fingerprint density at radius 1 is 1.11 bits per heavy atom. The van der Waals surface area contributed by atoms with Crippen LogP contribution < -0.4 is 16.4 Å². The summed E-state index contributed by atoms with van der Waals surface area (Å²) in [4.78, 5) is 23.4. The zero-order valence-corrected chi connectivity index (χ0v) is 11.5. The molecule has 0 saturated carbocycles. The van der Waals surface area contributed by atoms with Crippen molar-refractivity contribution in [2.24, 2.45) is 11.7 Å². The molecule has 1 aromatic carbocycles. The minimum Gasteiger partial charge on any atom is -0.357 e. The Labute approximate surface area is 113 Å². The molecule has 0 spiro atoms. The van der Waals surface area contributed by atoms with Crippen LogP contribution in [0.4, 0.5) is 0 Å². The van der Waals surface area contributed by atoms with Gasteiger partial charge in [-0.1, -0.05) is 37.3 Å². The highest BCUT2D eigenvalue weighted by molar-refractivity contribution is 5.88. The first-order valence-electron chi connectivity index (χ1n) is 6.29. The lowest BCUT2D eigenvalue weighted by Crippen LogP contribution is -2.46. The van der Waals surface area contributed by atoms with E-state index in [1.165, 1.54) is 7.05 Å². The van der Waals surface area contributed by atoms with Gasteiger partial charge in [-0.3, -0.25) is 9.59 Å². The summed E-state index contributed by atoms with van der Waals surface area (Å²) in [5, 5.41) is 5.14. The Hall–Kier alpha value is -1.88. The number of nitrogens with two attached hydrogens (primary N) is 1. The molecule has 5 nitrogen and oxygen atoms in total. The van der Waals surface area contributed by atoms with Crippen LogP contribution in [0.25, 0.3) is 0 Å². The highest BCUT2D eigenvalue weighted by Gasteiger charge is 2.24. The van der Waals surface area contributed by atoms with E-state index in [0.717, 1.165) is 5.56 Å². The molecule has 2 amide bonds. The molecule has 1 aromatic rings. The molecule has 0 aliphatic heterocycles. The zero-order valence-electron chi connectivity index (χ0n) is 11.5. The summed E-state index contributed by atoms with van der Waals surface area (Å²) in [6.07, 6.45) is 0. The van der Waals surface area contributed by atoms with E-state index in [1.807, 2.05) is 30.3 Å². The van der Waals surface area contributed by atoms with Gasteiger partial charge in [0.1, 0.15) is 6.04 Å². The fourth-order valence-electron chi connectivity index (χ4n) is 1.75.